The predicted octanol–water partition coefficient (Wildman–Crippen LogP) is 0.267. The van der Waals surface area contributed by atoms with Gasteiger partial charge in [0.25, 0.3) is 5.91 Å². The Balaban J connectivity index is 3.18. The minimum atomic E-state index is -1.60. The van der Waals surface area contributed by atoms with Crippen LogP contribution in [0, 0.1) is 11.6 Å². The predicted molar refractivity (Wildman–Crippen MR) is 59.4 cm³/mol. The van der Waals surface area contributed by atoms with E-state index in [1.54, 1.807) is 0 Å². The van der Waals surface area contributed by atoms with Crippen LogP contribution in [0.25, 0.3) is 0 Å². The Kier molecular flexibility index (Phi) is 4.15. The molecule has 0 bridgehead atoms. The molecule has 0 aliphatic heterocycles. The summed E-state index contributed by atoms with van der Waals surface area (Å²) in [6, 6.07) is -0.245. The Labute approximate surface area is 106 Å². The van der Waals surface area contributed by atoms with Gasteiger partial charge in [-0.1, -0.05) is 0 Å². The van der Waals surface area contributed by atoms with Gasteiger partial charge in [0.2, 0.25) is 5.91 Å². The number of carbonyl (C=O) groups is 3. The molecule has 1 unspecified atom stereocenters. The van der Waals surface area contributed by atoms with E-state index < -0.39 is 46.6 Å². The number of nitrogens with two attached hydrogens (primary N) is 1. The van der Waals surface area contributed by atoms with Crippen LogP contribution in [0.1, 0.15) is 27.6 Å². The molecule has 2 amide bonds. The van der Waals surface area contributed by atoms with E-state index in [4.69, 9.17) is 10.8 Å². The fourth-order valence-corrected chi connectivity index (χ4v) is 1.26. The number of carboxylic acid groups (broad SMARTS) is 1. The van der Waals surface area contributed by atoms with Crippen molar-refractivity contribution in [3.63, 3.8) is 0 Å². The topological polar surface area (TPSA) is 109 Å². The SMILES string of the molecule is CC(NC(=O)c1cc(F)c(F)cc1C(=O)O)C(N)=O. The Morgan fingerprint density at radius 2 is 1.68 bits per heavy atom. The third-order valence-electron chi connectivity index (χ3n) is 2.31. The number of primary amides is 1. The molecular weight excluding hydrogens is 262 g/mol. The number of aromatic carboxylic acids is 1. The van der Waals surface area contributed by atoms with E-state index in [-0.39, 0.29) is 0 Å². The molecule has 1 atom stereocenters. The second kappa shape index (κ2) is 5.42. The van der Waals surface area contributed by atoms with Crippen molar-refractivity contribution in [2.45, 2.75) is 13.0 Å². The van der Waals surface area contributed by atoms with Crippen molar-refractivity contribution in [3.8, 4) is 0 Å². The van der Waals surface area contributed by atoms with Crippen molar-refractivity contribution >= 4 is 17.8 Å². The molecule has 1 rings (SSSR count). The fraction of sp³-hybridized carbons (Fsp3) is 0.182. The largest absolute Gasteiger partial charge is 0.478 e. The van der Waals surface area contributed by atoms with Gasteiger partial charge in [0.15, 0.2) is 11.6 Å². The van der Waals surface area contributed by atoms with Gasteiger partial charge in [-0.3, -0.25) is 9.59 Å². The summed E-state index contributed by atoms with van der Waals surface area (Å²) >= 11 is 0. The van der Waals surface area contributed by atoms with E-state index >= 15 is 0 Å². The van der Waals surface area contributed by atoms with Crippen LogP contribution in [-0.2, 0) is 4.79 Å². The number of carboxylic acids is 1. The maximum Gasteiger partial charge on any atom is 0.336 e. The molecule has 102 valence electrons. The monoisotopic (exact) mass is 272 g/mol. The summed E-state index contributed by atoms with van der Waals surface area (Å²) in [4.78, 5) is 33.3. The first-order valence-electron chi connectivity index (χ1n) is 5.06. The molecule has 0 aliphatic carbocycles. The number of amides is 2. The van der Waals surface area contributed by atoms with Gasteiger partial charge in [0, 0.05) is 0 Å². The van der Waals surface area contributed by atoms with Gasteiger partial charge in [-0.15, -0.1) is 0 Å². The van der Waals surface area contributed by atoms with Crippen molar-refractivity contribution in [1.82, 2.24) is 5.32 Å². The highest BCUT2D eigenvalue weighted by Gasteiger charge is 2.22. The molecule has 4 N–H and O–H groups in total. The number of benzene rings is 1. The van der Waals surface area contributed by atoms with Crippen LogP contribution in [0.15, 0.2) is 12.1 Å². The van der Waals surface area contributed by atoms with Crippen LogP contribution in [0.2, 0.25) is 0 Å². The normalized spacial score (nSPS) is 11.7. The van der Waals surface area contributed by atoms with E-state index in [0.29, 0.717) is 12.1 Å². The van der Waals surface area contributed by atoms with Crippen LogP contribution in [0.5, 0.6) is 0 Å². The summed E-state index contributed by atoms with van der Waals surface area (Å²) in [5, 5.41) is 10.9. The van der Waals surface area contributed by atoms with E-state index in [2.05, 4.69) is 5.32 Å². The third kappa shape index (κ3) is 3.24. The zero-order valence-electron chi connectivity index (χ0n) is 9.74. The summed E-state index contributed by atoms with van der Waals surface area (Å²) in [6.07, 6.45) is 0. The van der Waals surface area contributed by atoms with Crippen LogP contribution in [0.3, 0.4) is 0 Å². The van der Waals surface area contributed by atoms with Gasteiger partial charge in [-0.2, -0.15) is 0 Å². The van der Waals surface area contributed by atoms with Gasteiger partial charge >= 0.3 is 5.97 Å². The van der Waals surface area contributed by atoms with E-state index in [0.717, 1.165) is 0 Å². The third-order valence-corrected chi connectivity index (χ3v) is 2.31. The van der Waals surface area contributed by atoms with Crippen LogP contribution < -0.4 is 11.1 Å². The van der Waals surface area contributed by atoms with Crippen LogP contribution >= 0.6 is 0 Å². The van der Waals surface area contributed by atoms with Crippen LogP contribution in [-0.4, -0.2) is 28.9 Å². The number of carbonyl (C=O) groups excluding carboxylic acids is 2. The summed E-state index contributed by atoms with van der Waals surface area (Å²) in [5.41, 5.74) is 3.60. The molecule has 0 aromatic heterocycles. The van der Waals surface area contributed by atoms with E-state index in [9.17, 15) is 23.2 Å². The Bertz CT molecular complexity index is 560. The molecule has 8 heteroatoms. The zero-order valence-corrected chi connectivity index (χ0v) is 9.74. The van der Waals surface area contributed by atoms with Gasteiger partial charge < -0.3 is 16.2 Å². The molecule has 0 saturated heterocycles. The zero-order chi connectivity index (χ0) is 14.7. The lowest BCUT2D eigenvalue weighted by Crippen LogP contribution is -2.42. The van der Waals surface area contributed by atoms with Crippen molar-refractivity contribution in [1.29, 1.82) is 0 Å². The highest BCUT2D eigenvalue weighted by Crippen LogP contribution is 2.15. The number of halogens is 2. The minimum absolute atomic E-state index is 0.390. The molecule has 1 aromatic rings. The molecular formula is C11H10F2N2O4. The average Bonchev–Trinajstić information content (AvgIpc) is 2.31. The van der Waals surface area contributed by atoms with Crippen molar-refractivity contribution in [2.24, 2.45) is 5.73 Å². The maximum atomic E-state index is 13.0. The Hall–Kier alpha value is -2.51. The lowest BCUT2D eigenvalue weighted by atomic mass is 10.1. The minimum Gasteiger partial charge on any atom is -0.478 e. The number of rotatable bonds is 4. The molecule has 0 fully saturated rings. The second-order valence-corrected chi connectivity index (χ2v) is 3.71. The first-order valence-corrected chi connectivity index (χ1v) is 5.06. The quantitative estimate of drug-likeness (QED) is 0.730. The van der Waals surface area contributed by atoms with Crippen molar-refractivity contribution in [3.05, 3.63) is 34.9 Å². The van der Waals surface area contributed by atoms with Gasteiger partial charge in [0.05, 0.1) is 11.1 Å². The Morgan fingerprint density at radius 3 is 2.11 bits per heavy atom. The molecule has 0 spiro atoms. The smallest absolute Gasteiger partial charge is 0.336 e. The molecule has 0 saturated carbocycles. The summed E-state index contributed by atoms with van der Waals surface area (Å²) in [5.74, 6) is -6.26. The highest BCUT2D eigenvalue weighted by molar-refractivity contribution is 6.05. The highest BCUT2D eigenvalue weighted by atomic mass is 19.2. The second-order valence-electron chi connectivity index (χ2n) is 3.71. The lowest BCUT2D eigenvalue weighted by Gasteiger charge is -2.12. The molecule has 6 nitrogen and oxygen atoms in total. The standard InChI is InChI=1S/C11H10F2N2O4/c1-4(9(14)16)15-10(17)5-2-7(12)8(13)3-6(5)11(18)19/h2-4H,1H3,(H2,14,16)(H,15,17)(H,18,19). The van der Waals surface area contributed by atoms with Gasteiger partial charge in [-0.25, -0.2) is 13.6 Å². The first-order chi connectivity index (χ1) is 8.73. The number of hydrogen-bond acceptors (Lipinski definition) is 3. The van der Waals surface area contributed by atoms with Gasteiger partial charge in [-0.05, 0) is 19.1 Å². The molecule has 19 heavy (non-hydrogen) atoms. The fourth-order valence-electron chi connectivity index (χ4n) is 1.26. The maximum absolute atomic E-state index is 13.0. The molecule has 0 radical (unpaired) electrons. The average molecular weight is 272 g/mol. The van der Waals surface area contributed by atoms with Crippen molar-refractivity contribution in [2.75, 3.05) is 0 Å². The summed E-state index contributed by atoms with van der Waals surface area (Å²) in [6.45, 7) is 1.26. The Morgan fingerprint density at radius 1 is 1.21 bits per heavy atom. The molecule has 0 aliphatic rings. The van der Waals surface area contributed by atoms with Crippen LogP contribution in [0.4, 0.5) is 8.78 Å². The number of nitrogens with one attached hydrogen (secondary N) is 1. The molecule has 1 aromatic carbocycles. The first kappa shape index (κ1) is 14.6. The van der Waals surface area contributed by atoms with E-state index in [1.807, 2.05) is 0 Å². The lowest BCUT2D eigenvalue weighted by molar-refractivity contribution is -0.119. The summed E-state index contributed by atoms with van der Waals surface area (Å²) in [7, 11) is 0. The van der Waals surface area contributed by atoms with E-state index in [1.165, 1.54) is 6.92 Å². The van der Waals surface area contributed by atoms with Gasteiger partial charge in [0.1, 0.15) is 6.04 Å². The van der Waals surface area contributed by atoms with Crippen molar-refractivity contribution < 1.29 is 28.3 Å². The number of hydrogen-bond donors (Lipinski definition) is 3. The molecule has 0 heterocycles. The summed E-state index contributed by atoms with van der Waals surface area (Å²) < 4.78 is 26.0.